The maximum Gasteiger partial charge on any atom is 0.285 e. The van der Waals surface area contributed by atoms with Crippen molar-refractivity contribution in [1.29, 1.82) is 0 Å². The van der Waals surface area contributed by atoms with E-state index in [9.17, 15) is 9.90 Å². The number of aromatic nitrogens is 2. The number of hydrazone groups is 1. The molecule has 1 heterocycles. The van der Waals surface area contributed by atoms with Crippen LogP contribution in [0.1, 0.15) is 5.56 Å². The van der Waals surface area contributed by atoms with Crippen molar-refractivity contribution in [2.45, 2.75) is 0 Å². The van der Waals surface area contributed by atoms with E-state index in [1.54, 1.807) is 6.07 Å². The summed E-state index contributed by atoms with van der Waals surface area (Å²) in [6.07, 6.45) is 2.82. The number of rotatable bonds is 3. The molecule has 0 aliphatic carbocycles. The van der Waals surface area contributed by atoms with Crippen LogP contribution in [0.25, 0.3) is 10.8 Å². The summed E-state index contributed by atoms with van der Waals surface area (Å²) >= 11 is 5.83. The molecule has 3 N–H and O–H groups in total. The first-order valence-electron chi connectivity index (χ1n) is 6.40. The van der Waals surface area contributed by atoms with E-state index in [4.69, 9.17) is 11.6 Å². The van der Waals surface area contributed by atoms with Crippen molar-refractivity contribution in [3.8, 4) is 5.75 Å². The van der Waals surface area contributed by atoms with Gasteiger partial charge in [0, 0.05) is 5.56 Å². The molecule has 0 radical (unpaired) electrons. The zero-order valence-electron chi connectivity index (χ0n) is 11.2. The first kappa shape index (κ1) is 14.1. The number of nitrogens with zero attached hydrogens (tertiary/aromatic N) is 2. The molecule has 0 saturated heterocycles. The molecule has 0 saturated carbocycles. The van der Waals surface area contributed by atoms with Crippen molar-refractivity contribution in [3.05, 3.63) is 63.5 Å². The summed E-state index contributed by atoms with van der Waals surface area (Å²) in [6.45, 7) is 0. The van der Waals surface area contributed by atoms with Crippen LogP contribution in [0.2, 0.25) is 5.02 Å². The zero-order chi connectivity index (χ0) is 15.5. The Balaban J connectivity index is 1.95. The third-order valence-corrected chi connectivity index (χ3v) is 3.50. The van der Waals surface area contributed by atoms with Gasteiger partial charge in [0.25, 0.3) is 5.56 Å². The number of benzene rings is 2. The predicted octanol–water partition coefficient (Wildman–Crippen LogP) is 2.73. The van der Waals surface area contributed by atoms with Gasteiger partial charge in [-0.15, -0.1) is 0 Å². The van der Waals surface area contributed by atoms with Gasteiger partial charge in [-0.25, -0.2) is 5.10 Å². The quantitative estimate of drug-likeness (QED) is 0.512. The summed E-state index contributed by atoms with van der Waals surface area (Å²) in [6, 6.07) is 11.1. The number of H-pyrrole nitrogens is 1. The van der Waals surface area contributed by atoms with Gasteiger partial charge in [0.2, 0.25) is 0 Å². The average Bonchev–Trinajstić information content (AvgIpc) is 2.53. The molecule has 3 aromatic rings. The summed E-state index contributed by atoms with van der Waals surface area (Å²) in [5.74, 6) is 0.111. The minimum Gasteiger partial charge on any atom is -0.507 e. The summed E-state index contributed by atoms with van der Waals surface area (Å²) in [5, 5.41) is 21.7. The molecule has 0 spiro atoms. The second-order valence-electron chi connectivity index (χ2n) is 4.52. The number of hydrogen-bond donors (Lipinski definition) is 3. The lowest BCUT2D eigenvalue weighted by atomic mass is 10.0. The number of phenols is 1. The molecule has 6 nitrogen and oxygen atoms in total. The van der Waals surface area contributed by atoms with E-state index in [0.29, 0.717) is 5.56 Å². The lowest BCUT2D eigenvalue weighted by molar-refractivity contribution is 0.475. The molecule has 0 aliphatic rings. The second kappa shape index (κ2) is 5.87. The van der Waals surface area contributed by atoms with Gasteiger partial charge >= 0.3 is 0 Å². The molecule has 0 fully saturated rings. The van der Waals surface area contributed by atoms with Crippen molar-refractivity contribution in [1.82, 2.24) is 10.2 Å². The van der Waals surface area contributed by atoms with Gasteiger partial charge in [-0.1, -0.05) is 41.9 Å². The minimum atomic E-state index is -0.505. The highest BCUT2D eigenvalue weighted by Crippen LogP contribution is 2.25. The highest BCUT2D eigenvalue weighted by atomic mass is 35.5. The molecule has 0 unspecified atom stereocenters. The highest BCUT2D eigenvalue weighted by Gasteiger charge is 2.05. The van der Waals surface area contributed by atoms with Crippen LogP contribution in [0.4, 0.5) is 5.69 Å². The van der Waals surface area contributed by atoms with Gasteiger partial charge in [-0.05, 0) is 16.8 Å². The molecule has 3 rings (SSSR count). The highest BCUT2D eigenvalue weighted by molar-refractivity contribution is 6.32. The van der Waals surface area contributed by atoms with Gasteiger partial charge in [0.05, 0.1) is 12.4 Å². The molecule has 110 valence electrons. The molecule has 0 aliphatic heterocycles. The standard InChI is InChI=1S/C15H11ClN4O2/c16-14-12(8-18-20-15(14)22)19-17-7-11-10-4-2-1-3-9(10)5-6-13(11)21/h1-8,21H,(H2,19,20,22)/b17-7+. The van der Waals surface area contributed by atoms with Crippen molar-refractivity contribution in [2.75, 3.05) is 5.43 Å². The van der Waals surface area contributed by atoms with Crippen molar-refractivity contribution < 1.29 is 5.11 Å². The number of aromatic amines is 1. The predicted molar refractivity (Wildman–Crippen MR) is 86.7 cm³/mol. The normalized spacial score (nSPS) is 11.1. The Morgan fingerprint density at radius 1 is 1.27 bits per heavy atom. The van der Waals surface area contributed by atoms with E-state index in [0.717, 1.165) is 10.8 Å². The van der Waals surface area contributed by atoms with E-state index in [-0.39, 0.29) is 16.5 Å². The van der Waals surface area contributed by atoms with Gasteiger partial charge < -0.3 is 5.11 Å². The molecular formula is C15H11ClN4O2. The summed E-state index contributed by atoms with van der Waals surface area (Å²) < 4.78 is 0. The number of fused-ring (bicyclic) bond motifs is 1. The molecule has 0 bridgehead atoms. The third-order valence-electron chi connectivity index (χ3n) is 3.12. The molecule has 1 aromatic heterocycles. The monoisotopic (exact) mass is 314 g/mol. The minimum absolute atomic E-state index is 0.0331. The summed E-state index contributed by atoms with van der Waals surface area (Å²) in [5.41, 5.74) is 2.98. The smallest absolute Gasteiger partial charge is 0.285 e. The first-order chi connectivity index (χ1) is 10.7. The molecule has 0 amide bonds. The van der Waals surface area contributed by atoms with E-state index >= 15 is 0 Å². The van der Waals surface area contributed by atoms with Crippen molar-refractivity contribution >= 4 is 34.3 Å². The molecular weight excluding hydrogens is 304 g/mol. The van der Waals surface area contributed by atoms with Gasteiger partial charge in [0.15, 0.2) is 0 Å². The van der Waals surface area contributed by atoms with E-state index in [1.165, 1.54) is 12.4 Å². The van der Waals surface area contributed by atoms with E-state index in [2.05, 4.69) is 20.7 Å². The summed E-state index contributed by atoms with van der Waals surface area (Å²) in [4.78, 5) is 11.3. The van der Waals surface area contributed by atoms with E-state index < -0.39 is 5.56 Å². The Morgan fingerprint density at radius 2 is 2.09 bits per heavy atom. The topological polar surface area (TPSA) is 90.4 Å². The van der Waals surface area contributed by atoms with Crippen molar-refractivity contribution in [3.63, 3.8) is 0 Å². The Hall–Kier alpha value is -2.86. The van der Waals surface area contributed by atoms with Crippen LogP contribution < -0.4 is 11.0 Å². The lowest BCUT2D eigenvalue weighted by Gasteiger charge is -2.05. The van der Waals surface area contributed by atoms with Crippen LogP contribution in [-0.2, 0) is 0 Å². The second-order valence-corrected chi connectivity index (χ2v) is 4.89. The number of nitrogens with one attached hydrogen (secondary N) is 2. The molecule has 0 atom stereocenters. The largest absolute Gasteiger partial charge is 0.507 e. The Labute approximate surface area is 130 Å². The van der Waals surface area contributed by atoms with Crippen LogP contribution in [0.5, 0.6) is 5.75 Å². The zero-order valence-corrected chi connectivity index (χ0v) is 12.0. The van der Waals surface area contributed by atoms with Gasteiger partial charge in [-0.3, -0.25) is 10.2 Å². The van der Waals surface area contributed by atoms with Gasteiger partial charge in [-0.2, -0.15) is 10.2 Å². The number of halogens is 1. The number of anilines is 1. The fourth-order valence-electron chi connectivity index (χ4n) is 2.05. The van der Waals surface area contributed by atoms with Crippen LogP contribution in [0.15, 0.2) is 52.5 Å². The Morgan fingerprint density at radius 3 is 2.95 bits per heavy atom. The lowest BCUT2D eigenvalue weighted by Crippen LogP contribution is -2.10. The SMILES string of the molecule is O=c1[nH]ncc(N/N=C/c2c(O)ccc3ccccc23)c1Cl. The van der Waals surface area contributed by atoms with Crippen LogP contribution in [-0.4, -0.2) is 21.5 Å². The fourth-order valence-corrected chi connectivity index (χ4v) is 2.18. The Bertz CT molecular complexity index is 921. The van der Waals surface area contributed by atoms with E-state index in [1.807, 2.05) is 30.3 Å². The van der Waals surface area contributed by atoms with Crippen molar-refractivity contribution in [2.24, 2.45) is 5.10 Å². The number of hydrogen-bond acceptors (Lipinski definition) is 5. The maximum absolute atomic E-state index is 11.3. The van der Waals surface area contributed by atoms with Crippen LogP contribution in [0, 0.1) is 0 Å². The fraction of sp³-hybridized carbons (Fsp3) is 0. The summed E-state index contributed by atoms with van der Waals surface area (Å²) in [7, 11) is 0. The number of phenolic OH excluding ortho intramolecular Hbond substituents is 1. The Kier molecular flexibility index (Phi) is 3.76. The maximum atomic E-state index is 11.3. The average molecular weight is 315 g/mol. The van der Waals surface area contributed by atoms with Crippen LogP contribution in [0.3, 0.4) is 0 Å². The molecule has 22 heavy (non-hydrogen) atoms. The molecule has 7 heteroatoms. The first-order valence-corrected chi connectivity index (χ1v) is 6.77. The van der Waals surface area contributed by atoms with Crippen LogP contribution >= 0.6 is 11.6 Å². The number of aromatic hydroxyl groups is 1. The third kappa shape index (κ3) is 2.64. The van der Waals surface area contributed by atoms with Gasteiger partial charge in [0.1, 0.15) is 16.5 Å². The molecule has 2 aromatic carbocycles.